The Labute approximate surface area is 107 Å². The maximum absolute atomic E-state index is 9.33. The summed E-state index contributed by atoms with van der Waals surface area (Å²) in [5.74, 6) is 0. The molecule has 0 spiro atoms. The van der Waals surface area contributed by atoms with Gasteiger partial charge in [0.1, 0.15) is 0 Å². The quantitative estimate of drug-likeness (QED) is 0.701. The van der Waals surface area contributed by atoms with E-state index in [-0.39, 0.29) is 12.6 Å². The van der Waals surface area contributed by atoms with Crippen LogP contribution >= 0.6 is 11.6 Å². The standard InChI is InChI=1S/C13H20ClNO2/c1-2-3-13(15-8-12(17)9-16)10-4-6-11(14)7-5-10/h4-7,12-13,15-17H,2-3,8-9H2,1H3. The van der Waals surface area contributed by atoms with E-state index >= 15 is 0 Å². The third-order valence-electron chi connectivity index (χ3n) is 2.66. The van der Waals surface area contributed by atoms with Crippen LogP contribution in [0.5, 0.6) is 0 Å². The zero-order chi connectivity index (χ0) is 12.7. The predicted octanol–water partition coefficient (Wildman–Crippen LogP) is 2.12. The molecule has 0 amide bonds. The number of hydrogen-bond acceptors (Lipinski definition) is 3. The number of aliphatic hydroxyl groups is 2. The van der Waals surface area contributed by atoms with Gasteiger partial charge in [0, 0.05) is 17.6 Å². The highest BCUT2D eigenvalue weighted by molar-refractivity contribution is 6.30. The summed E-state index contributed by atoms with van der Waals surface area (Å²) in [7, 11) is 0. The minimum atomic E-state index is -0.707. The van der Waals surface area contributed by atoms with Crippen molar-refractivity contribution in [2.75, 3.05) is 13.2 Å². The molecule has 4 heteroatoms. The van der Waals surface area contributed by atoms with Crippen LogP contribution in [-0.4, -0.2) is 29.5 Å². The van der Waals surface area contributed by atoms with E-state index in [1.54, 1.807) is 0 Å². The first-order valence-corrected chi connectivity index (χ1v) is 6.33. The summed E-state index contributed by atoms with van der Waals surface area (Å²) in [6, 6.07) is 7.90. The van der Waals surface area contributed by atoms with Crippen LogP contribution in [0, 0.1) is 0 Å². The molecule has 1 aromatic carbocycles. The van der Waals surface area contributed by atoms with E-state index in [0.717, 1.165) is 23.4 Å². The summed E-state index contributed by atoms with van der Waals surface area (Å²) in [5, 5.41) is 22.1. The molecular formula is C13H20ClNO2. The molecule has 3 nitrogen and oxygen atoms in total. The smallest absolute Gasteiger partial charge is 0.0895 e. The molecular weight excluding hydrogens is 238 g/mol. The molecule has 0 fully saturated rings. The molecule has 96 valence electrons. The molecule has 0 saturated heterocycles. The lowest BCUT2D eigenvalue weighted by Crippen LogP contribution is -2.32. The van der Waals surface area contributed by atoms with Crippen molar-refractivity contribution in [1.29, 1.82) is 0 Å². The highest BCUT2D eigenvalue weighted by Crippen LogP contribution is 2.20. The Balaban J connectivity index is 2.61. The molecule has 1 rings (SSSR count). The van der Waals surface area contributed by atoms with E-state index in [9.17, 15) is 5.11 Å². The predicted molar refractivity (Wildman–Crippen MR) is 70.2 cm³/mol. The summed E-state index contributed by atoms with van der Waals surface area (Å²) < 4.78 is 0. The molecule has 0 heterocycles. The highest BCUT2D eigenvalue weighted by Gasteiger charge is 2.11. The van der Waals surface area contributed by atoms with Gasteiger partial charge < -0.3 is 15.5 Å². The van der Waals surface area contributed by atoms with Gasteiger partial charge in [-0.1, -0.05) is 37.1 Å². The molecule has 0 radical (unpaired) electrons. The van der Waals surface area contributed by atoms with E-state index in [1.807, 2.05) is 24.3 Å². The van der Waals surface area contributed by atoms with Crippen molar-refractivity contribution < 1.29 is 10.2 Å². The average Bonchev–Trinajstić information content (AvgIpc) is 2.35. The van der Waals surface area contributed by atoms with Crippen molar-refractivity contribution in [3.8, 4) is 0 Å². The zero-order valence-electron chi connectivity index (χ0n) is 10.1. The number of aliphatic hydroxyl groups excluding tert-OH is 2. The number of hydrogen-bond donors (Lipinski definition) is 3. The molecule has 1 aromatic rings. The van der Waals surface area contributed by atoms with Gasteiger partial charge in [-0.05, 0) is 24.1 Å². The summed E-state index contributed by atoms with van der Waals surface area (Å²) in [6.07, 6.45) is 1.33. The third kappa shape index (κ3) is 5.04. The van der Waals surface area contributed by atoms with Crippen LogP contribution in [0.15, 0.2) is 24.3 Å². The first-order valence-electron chi connectivity index (χ1n) is 5.95. The lowest BCUT2D eigenvalue weighted by molar-refractivity contribution is 0.0915. The molecule has 2 atom stereocenters. The second-order valence-electron chi connectivity index (χ2n) is 4.14. The van der Waals surface area contributed by atoms with Crippen LogP contribution in [0.4, 0.5) is 0 Å². The van der Waals surface area contributed by atoms with Crippen LogP contribution in [0.2, 0.25) is 5.02 Å². The Kier molecular flexibility index (Phi) is 6.52. The van der Waals surface area contributed by atoms with Crippen molar-refractivity contribution in [2.45, 2.75) is 31.9 Å². The number of halogens is 1. The minimum absolute atomic E-state index is 0.193. The Morgan fingerprint density at radius 3 is 2.47 bits per heavy atom. The fourth-order valence-electron chi connectivity index (χ4n) is 1.71. The Morgan fingerprint density at radius 1 is 1.29 bits per heavy atom. The number of nitrogens with one attached hydrogen (secondary N) is 1. The fourth-order valence-corrected chi connectivity index (χ4v) is 1.84. The molecule has 17 heavy (non-hydrogen) atoms. The van der Waals surface area contributed by atoms with E-state index in [1.165, 1.54) is 0 Å². The normalized spacial score (nSPS) is 14.6. The Morgan fingerprint density at radius 2 is 1.94 bits per heavy atom. The van der Waals surface area contributed by atoms with Crippen molar-refractivity contribution in [3.63, 3.8) is 0 Å². The maximum atomic E-state index is 9.33. The van der Waals surface area contributed by atoms with Gasteiger partial charge in [-0.15, -0.1) is 0 Å². The molecule has 2 unspecified atom stereocenters. The summed E-state index contributed by atoms with van der Waals surface area (Å²) >= 11 is 5.85. The second-order valence-corrected chi connectivity index (χ2v) is 4.57. The van der Waals surface area contributed by atoms with E-state index in [4.69, 9.17) is 16.7 Å². The summed E-state index contributed by atoms with van der Waals surface area (Å²) in [6.45, 7) is 2.29. The molecule has 0 bridgehead atoms. The summed E-state index contributed by atoms with van der Waals surface area (Å²) in [4.78, 5) is 0. The van der Waals surface area contributed by atoms with E-state index < -0.39 is 6.10 Å². The van der Waals surface area contributed by atoms with Gasteiger partial charge in [0.15, 0.2) is 0 Å². The highest BCUT2D eigenvalue weighted by atomic mass is 35.5. The number of rotatable bonds is 7. The van der Waals surface area contributed by atoms with Crippen LogP contribution in [-0.2, 0) is 0 Å². The minimum Gasteiger partial charge on any atom is -0.394 e. The maximum Gasteiger partial charge on any atom is 0.0895 e. The monoisotopic (exact) mass is 257 g/mol. The van der Waals surface area contributed by atoms with Crippen LogP contribution in [0.25, 0.3) is 0 Å². The first kappa shape index (κ1) is 14.5. The average molecular weight is 258 g/mol. The van der Waals surface area contributed by atoms with E-state index in [0.29, 0.717) is 6.54 Å². The van der Waals surface area contributed by atoms with Crippen LogP contribution in [0.1, 0.15) is 31.4 Å². The molecule has 0 aromatic heterocycles. The van der Waals surface area contributed by atoms with Crippen LogP contribution < -0.4 is 5.32 Å². The van der Waals surface area contributed by atoms with Crippen molar-refractivity contribution in [2.24, 2.45) is 0 Å². The Bertz CT molecular complexity index is 316. The lowest BCUT2D eigenvalue weighted by atomic mass is 10.0. The number of benzene rings is 1. The lowest BCUT2D eigenvalue weighted by Gasteiger charge is -2.20. The fraction of sp³-hybridized carbons (Fsp3) is 0.538. The van der Waals surface area contributed by atoms with E-state index in [2.05, 4.69) is 12.2 Å². The zero-order valence-corrected chi connectivity index (χ0v) is 10.8. The van der Waals surface area contributed by atoms with Gasteiger partial charge in [-0.3, -0.25) is 0 Å². The molecule has 0 aliphatic carbocycles. The topological polar surface area (TPSA) is 52.5 Å². The first-order chi connectivity index (χ1) is 8.17. The second kappa shape index (κ2) is 7.67. The molecule has 0 saturated carbocycles. The summed E-state index contributed by atoms with van der Waals surface area (Å²) in [5.41, 5.74) is 1.15. The van der Waals surface area contributed by atoms with Crippen molar-refractivity contribution >= 4 is 11.6 Å². The largest absolute Gasteiger partial charge is 0.394 e. The van der Waals surface area contributed by atoms with Crippen LogP contribution in [0.3, 0.4) is 0 Å². The molecule has 0 aliphatic rings. The van der Waals surface area contributed by atoms with Gasteiger partial charge in [0.25, 0.3) is 0 Å². The Hall–Kier alpha value is -0.610. The van der Waals surface area contributed by atoms with Crippen molar-refractivity contribution in [1.82, 2.24) is 5.32 Å². The van der Waals surface area contributed by atoms with Gasteiger partial charge in [-0.2, -0.15) is 0 Å². The SMILES string of the molecule is CCCC(NCC(O)CO)c1ccc(Cl)cc1. The van der Waals surface area contributed by atoms with Gasteiger partial charge >= 0.3 is 0 Å². The van der Waals surface area contributed by atoms with Gasteiger partial charge in [0.05, 0.1) is 12.7 Å². The molecule has 0 aliphatic heterocycles. The third-order valence-corrected chi connectivity index (χ3v) is 2.91. The van der Waals surface area contributed by atoms with Gasteiger partial charge in [0.2, 0.25) is 0 Å². The van der Waals surface area contributed by atoms with Crippen molar-refractivity contribution in [3.05, 3.63) is 34.9 Å². The van der Waals surface area contributed by atoms with Gasteiger partial charge in [-0.25, -0.2) is 0 Å². The molecule has 3 N–H and O–H groups in total.